The molecule has 7 heteroatoms. The van der Waals surface area contributed by atoms with Crippen LogP contribution in [-0.2, 0) is 6.61 Å². The lowest BCUT2D eigenvalue weighted by Crippen LogP contribution is -2.16. The molecule has 1 N–H and O–H groups in total. The number of aryl methyl sites for hydroxylation is 2. The minimum Gasteiger partial charge on any atom is -0.491 e. The molecule has 0 aliphatic rings. The van der Waals surface area contributed by atoms with Crippen molar-refractivity contribution in [1.82, 2.24) is 9.99 Å². The average Bonchev–Trinajstić information content (AvgIpc) is 3.45. The number of amides is 1. The minimum absolute atomic E-state index is 0.113. The Hall–Kier alpha value is -4.26. The Labute approximate surface area is 205 Å². The number of carbonyl (C=O) groups excluding carboxylic acids is 1. The third-order valence-corrected chi connectivity index (χ3v) is 5.26. The van der Waals surface area contributed by atoms with E-state index in [0.29, 0.717) is 11.5 Å². The molecule has 4 rings (SSSR count). The number of hydrogen-bond donors (Lipinski definition) is 1. The SMILES string of the molecule is Cc1ccc(C)n1-c1ccc(OCc2ccc(C(=O)N/N=C/c3ccc(OC(C)C)cc3)o2)cc1. The van der Waals surface area contributed by atoms with Crippen molar-refractivity contribution in [3.63, 3.8) is 0 Å². The highest BCUT2D eigenvalue weighted by Crippen LogP contribution is 2.21. The van der Waals surface area contributed by atoms with Gasteiger partial charge in [-0.2, -0.15) is 5.10 Å². The van der Waals surface area contributed by atoms with E-state index in [0.717, 1.165) is 17.0 Å². The monoisotopic (exact) mass is 471 g/mol. The number of nitrogens with one attached hydrogen (secondary N) is 1. The molecule has 0 unspecified atom stereocenters. The van der Waals surface area contributed by atoms with Crippen molar-refractivity contribution < 1.29 is 18.7 Å². The second-order valence-electron chi connectivity index (χ2n) is 8.43. The van der Waals surface area contributed by atoms with E-state index in [9.17, 15) is 4.79 Å². The highest BCUT2D eigenvalue weighted by molar-refractivity contribution is 5.92. The standard InChI is InChI=1S/C28H29N3O4/c1-19(2)34-25-11-7-22(8-12-25)17-29-30-28(32)27-16-15-26(35-27)18-33-24-13-9-23(10-14-24)31-20(3)5-6-21(31)4/h5-17,19H,18H2,1-4H3,(H,30,32)/b29-17+. The number of benzene rings is 2. The maximum atomic E-state index is 12.3. The second kappa shape index (κ2) is 10.8. The van der Waals surface area contributed by atoms with Gasteiger partial charge in [0.2, 0.25) is 0 Å². The van der Waals surface area contributed by atoms with E-state index in [1.807, 2.05) is 62.4 Å². The topological polar surface area (TPSA) is 78.0 Å². The molecular formula is C28H29N3O4. The van der Waals surface area contributed by atoms with Gasteiger partial charge >= 0.3 is 5.91 Å². The van der Waals surface area contributed by atoms with Crippen molar-refractivity contribution in [2.75, 3.05) is 0 Å². The summed E-state index contributed by atoms with van der Waals surface area (Å²) >= 11 is 0. The van der Waals surface area contributed by atoms with Crippen LogP contribution in [0, 0.1) is 13.8 Å². The van der Waals surface area contributed by atoms with E-state index in [-0.39, 0.29) is 18.5 Å². The molecule has 1 amide bonds. The fraction of sp³-hybridized carbons (Fsp3) is 0.214. The number of ether oxygens (including phenoxy) is 2. The van der Waals surface area contributed by atoms with E-state index >= 15 is 0 Å². The van der Waals surface area contributed by atoms with Gasteiger partial charge in [0.15, 0.2) is 5.76 Å². The van der Waals surface area contributed by atoms with E-state index in [1.54, 1.807) is 18.3 Å². The molecule has 2 aromatic heterocycles. The maximum Gasteiger partial charge on any atom is 0.307 e. The first kappa shape index (κ1) is 23.9. The minimum atomic E-state index is -0.436. The van der Waals surface area contributed by atoms with Crippen molar-refractivity contribution in [2.45, 2.75) is 40.4 Å². The highest BCUT2D eigenvalue weighted by atomic mass is 16.5. The van der Waals surface area contributed by atoms with Gasteiger partial charge in [0, 0.05) is 17.1 Å². The summed E-state index contributed by atoms with van der Waals surface area (Å²) in [7, 11) is 0. The molecule has 7 nitrogen and oxygen atoms in total. The number of hydrazone groups is 1. The zero-order chi connectivity index (χ0) is 24.8. The molecule has 0 bridgehead atoms. The van der Waals surface area contributed by atoms with Gasteiger partial charge in [-0.25, -0.2) is 5.43 Å². The number of furan rings is 1. The molecule has 0 atom stereocenters. The van der Waals surface area contributed by atoms with Gasteiger partial charge in [0.1, 0.15) is 23.9 Å². The fourth-order valence-electron chi connectivity index (χ4n) is 3.62. The van der Waals surface area contributed by atoms with Crippen LogP contribution in [0.2, 0.25) is 0 Å². The predicted octanol–water partition coefficient (Wildman–Crippen LogP) is 5.82. The maximum absolute atomic E-state index is 12.3. The quantitative estimate of drug-likeness (QED) is 0.247. The molecular weight excluding hydrogens is 442 g/mol. The van der Waals surface area contributed by atoms with Gasteiger partial charge in [-0.15, -0.1) is 0 Å². The van der Waals surface area contributed by atoms with Crippen LogP contribution in [0.5, 0.6) is 11.5 Å². The van der Waals surface area contributed by atoms with Crippen molar-refractivity contribution in [3.8, 4) is 17.2 Å². The smallest absolute Gasteiger partial charge is 0.307 e. The van der Waals surface area contributed by atoms with Gasteiger partial charge < -0.3 is 18.5 Å². The zero-order valence-electron chi connectivity index (χ0n) is 20.3. The number of aromatic nitrogens is 1. The van der Waals surface area contributed by atoms with Crippen LogP contribution in [-0.4, -0.2) is 22.8 Å². The summed E-state index contributed by atoms with van der Waals surface area (Å²) in [6, 6.07) is 22.8. The Balaban J connectivity index is 1.28. The predicted molar refractivity (Wildman–Crippen MR) is 136 cm³/mol. The Kier molecular flexibility index (Phi) is 7.35. The van der Waals surface area contributed by atoms with E-state index < -0.39 is 5.91 Å². The first-order valence-electron chi connectivity index (χ1n) is 11.5. The average molecular weight is 472 g/mol. The number of nitrogens with zero attached hydrogens (tertiary/aromatic N) is 2. The molecule has 0 fully saturated rings. The number of carbonyl (C=O) groups is 1. The van der Waals surface area contributed by atoms with Crippen LogP contribution in [0.3, 0.4) is 0 Å². The third kappa shape index (κ3) is 6.20. The van der Waals surface area contributed by atoms with Crippen molar-refractivity contribution in [3.05, 3.63) is 101 Å². The first-order valence-corrected chi connectivity index (χ1v) is 11.5. The molecule has 0 saturated carbocycles. The summed E-state index contributed by atoms with van der Waals surface area (Å²) in [6.07, 6.45) is 1.67. The van der Waals surface area contributed by atoms with Crippen molar-refractivity contribution >= 4 is 12.1 Å². The summed E-state index contributed by atoms with van der Waals surface area (Å²) < 4.78 is 19.2. The molecule has 180 valence electrons. The molecule has 0 radical (unpaired) electrons. The molecule has 4 aromatic rings. The normalized spacial score (nSPS) is 11.2. The largest absolute Gasteiger partial charge is 0.491 e. The Morgan fingerprint density at radius 1 is 0.943 bits per heavy atom. The summed E-state index contributed by atoms with van der Waals surface area (Å²) in [5, 5.41) is 3.99. The third-order valence-electron chi connectivity index (χ3n) is 5.26. The van der Waals surface area contributed by atoms with E-state index in [1.165, 1.54) is 11.4 Å². The number of rotatable bonds is 9. The molecule has 0 aliphatic heterocycles. The van der Waals surface area contributed by atoms with Crippen LogP contribution in [0.1, 0.15) is 47.1 Å². The Morgan fingerprint density at radius 2 is 1.60 bits per heavy atom. The molecule has 2 aromatic carbocycles. The zero-order valence-corrected chi connectivity index (χ0v) is 20.3. The summed E-state index contributed by atoms with van der Waals surface area (Å²) in [4.78, 5) is 12.3. The van der Waals surface area contributed by atoms with Crippen LogP contribution in [0.15, 0.2) is 82.3 Å². The summed E-state index contributed by atoms with van der Waals surface area (Å²) in [6.45, 7) is 8.31. The molecule has 0 spiro atoms. The first-order chi connectivity index (χ1) is 16.9. The lowest BCUT2D eigenvalue weighted by molar-refractivity contribution is 0.0923. The molecule has 2 heterocycles. The molecule has 0 saturated heterocycles. The molecule has 0 aliphatic carbocycles. The van der Waals surface area contributed by atoms with Crippen LogP contribution in [0.25, 0.3) is 5.69 Å². The lowest BCUT2D eigenvalue weighted by Gasteiger charge is -2.10. The number of hydrogen-bond acceptors (Lipinski definition) is 5. The van der Waals surface area contributed by atoms with E-state index in [4.69, 9.17) is 13.9 Å². The van der Waals surface area contributed by atoms with Gasteiger partial charge in [0.05, 0.1) is 12.3 Å². The van der Waals surface area contributed by atoms with Gasteiger partial charge in [0.25, 0.3) is 0 Å². The highest BCUT2D eigenvalue weighted by Gasteiger charge is 2.11. The second-order valence-corrected chi connectivity index (χ2v) is 8.43. The van der Waals surface area contributed by atoms with Gasteiger partial charge in [-0.3, -0.25) is 4.79 Å². The van der Waals surface area contributed by atoms with Crippen LogP contribution in [0.4, 0.5) is 0 Å². The van der Waals surface area contributed by atoms with Crippen molar-refractivity contribution in [2.24, 2.45) is 5.10 Å². The Morgan fingerprint density at radius 3 is 2.26 bits per heavy atom. The van der Waals surface area contributed by atoms with Crippen molar-refractivity contribution in [1.29, 1.82) is 0 Å². The van der Waals surface area contributed by atoms with Gasteiger partial charge in [-0.05, 0) is 106 Å². The van der Waals surface area contributed by atoms with E-state index in [2.05, 4.69) is 41.1 Å². The fourth-order valence-corrected chi connectivity index (χ4v) is 3.62. The summed E-state index contributed by atoms with van der Waals surface area (Å²) in [5.41, 5.74) is 6.74. The van der Waals surface area contributed by atoms with Crippen LogP contribution < -0.4 is 14.9 Å². The summed E-state index contributed by atoms with van der Waals surface area (Å²) in [5.74, 6) is 1.77. The van der Waals surface area contributed by atoms with Crippen LogP contribution >= 0.6 is 0 Å². The lowest BCUT2D eigenvalue weighted by atomic mass is 10.2. The van der Waals surface area contributed by atoms with Gasteiger partial charge in [-0.1, -0.05) is 0 Å². The Bertz CT molecular complexity index is 1280. The molecule has 35 heavy (non-hydrogen) atoms.